The Bertz CT molecular complexity index is 193. The molecule has 1 N–H and O–H groups in total. The molecule has 2 fully saturated rings. The van der Waals surface area contributed by atoms with Gasteiger partial charge in [-0.15, -0.1) is 0 Å². The van der Waals surface area contributed by atoms with Crippen molar-refractivity contribution in [3.05, 3.63) is 0 Å². The maximum atomic E-state index is 11.4. The molecule has 0 spiro atoms. The van der Waals surface area contributed by atoms with Gasteiger partial charge in [-0.1, -0.05) is 0 Å². The molecule has 0 aromatic carbocycles. The lowest BCUT2D eigenvalue weighted by Gasteiger charge is -2.38. The van der Waals surface area contributed by atoms with Crippen LogP contribution in [0.3, 0.4) is 0 Å². The van der Waals surface area contributed by atoms with Crippen LogP contribution in [0.15, 0.2) is 0 Å². The van der Waals surface area contributed by atoms with Crippen molar-refractivity contribution in [2.45, 2.75) is 12.8 Å². The zero-order valence-corrected chi connectivity index (χ0v) is 7.55. The Morgan fingerprint density at radius 1 is 1.50 bits per heavy atom. The maximum absolute atomic E-state index is 11.4. The van der Waals surface area contributed by atoms with E-state index >= 15 is 0 Å². The van der Waals surface area contributed by atoms with Crippen molar-refractivity contribution in [1.29, 1.82) is 0 Å². The van der Waals surface area contributed by atoms with Gasteiger partial charge in [0.2, 0.25) is 5.91 Å². The van der Waals surface area contributed by atoms with Crippen LogP contribution >= 0.6 is 0 Å². The van der Waals surface area contributed by atoms with Crippen LogP contribution in [0.2, 0.25) is 0 Å². The van der Waals surface area contributed by atoms with Crippen LogP contribution < -0.4 is 5.32 Å². The molecule has 0 aromatic heterocycles. The molecular weight excluding hydrogens is 152 g/mol. The first-order chi connectivity index (χ1) is 5.77. The average molecular weight is 168 g/mol. The van der Waals surface area contributed by atoms with Crippen LogP contribution in [0.1, 0.15) is 12.8 Å². The van der Waals surface area contributed by atoms with Gasteiger partial charge in [0.1, 0.15) is 0 Å². The topological polar surface area (TPSA) is 32.3 Å². The first kappa shape index (κ1) is 8.05. The Morgan fingerprint density at radius 3 is 3.17 bits per heavy atom. The molecule has 0 radical (unpaired) electrons. The van der Waals surface area contributed by atoms with Crippen molar-refractivity contribution in [3.8, 4) is 0 Å². The van der Waals surface area contributed by atoms with Crippen LogP contribution in [0.25, 0.3) is 0 Å². The number of fused-ring (bicyclic) bond motifs is 1. The number of amides is 1. The van der Waals surface area contributed by atoms with E-state index in [9.17, 15) is 4.79 Å². The second-order valence-corrected chi connectivity index (χ2v) is 4.00. The Kier molecular flexibility index (Phi) is 2.05. The van der Waals surface area contributed by atoms with Gasteiger partial charge in [0.05, 0.1) is 5.92 Å². The minimum atomic E-state index is 0.275. The Morgan fingerprint density at radius 2 is 2.33 bits per heavy atom. The standard InChI is InChI=1S/C9H16N2O/c1-11-5-3-7-2-4-10-9(12)8(7)6-11/h7-8H,2-6H2,1H3,(H,10,12)/t7-,8-/m1/s1. The molecule has 2 heterocycles. The van der Waals surface area contributed by atoms with E-state index in [1.54, 1.807) is 0 Å². The molecule has 2 rings (SSSR count). The van der Waals surface area contributed by atoms with E-state index in [1.807, 2.05) is 0 Å². The van der Waals surface area contributed by atoms with Gasteiger partial charge in [0, 0.05) is 13.1 Å². The van der Waals surface area contributed by atoms with Crippen molar-refractivity contribution < 1.29 is 4.79 Å². The molecule has 2 atom stereocenters. The third kappa shape index (κ3) is 1.33. The molecule has 2 aliphatic rings. The van der Waals surface area contributed by atoms with Gasteiger partial charge < -0.3 is 10.2 Å². The largest absolute Gasteiger partial charge is 0.356 e. The van der Waals surface area contributed by atoms with Crippen LogP contribution in [-0.2, 0) is 4.79 Å². The Hall–Kier alpha value is -0.570. The fraction of sp³-hybridized carbons (Fsp3) is 0.889. The fourth-order valence-corrected chi connectivity index (χ4v) is 2.32. The van der Waals surface area contributed by atoms with E-state index in [-0.39, 0.29) is 11.8 Å². The summed E-state index contributed by atoms with van der Waals surface area (Å²) < 4.78 is 0. The quantitative estimate of drug-likeness (QED) is 0.555. The van der Waals surface area contributed by atoms with Gasteiger partial charge in [0.25, 0.3) is 0 Å². The number of piperidine rings is 2. The monoisotopic (exact) mass is 168 g/mol. The smallest absolute Gasteiger partial charge is 0.224 e. The minimum Gasteiger partial charge on any atom is -0.356 e. The van der Waals surface area contributed by atoms with Gasteiger partial charge in [-0.05, 0) is 32.4 Å². The number of rotatable bonds is 0. The summed E-state index contributed by atoms with van der Waals surface area (Å²) in [4.78, 5) is 13.7. The van der Waals surface area contributed by atoms with Crippen molar-refractivity contribution in [1.82, 2.24) is 10.2 Å². The van der Waals surface area contributed by atoms with E-state index in [0.717, 1.165) is 19.6 Å². The van der Waals surface area contributed by atoms with Gasteiger partial charge >= 0.3 is 0 Å². The number of hydrogen-bond donors (Lipinski definition) is 1. The van der Waals surface area contributed by atoms with E-state index < -0.39 is 0 Å². The van der Waals surface area contributed by atoms with Crippen molar-refractivity contribution >= 4 is 5.91 Å². The summed E-state index contributed by atoms with van der Waals surface area (Å²) in [6.07, 6.45) is 2.39. The number of hydrogen-bond acceptors (Lipinski definition) is 2. The summed E-state index contributed by atoms with van der Waals surface area (Å²) in [5.74, 6) is 1.21. The second kappa shape index (κ2) is 3.05. The highest BCUT2D eigenvalue weighted by Gasteiger charge is 2.35. The molecule has 0 saturated carbocycles. The number of carbonyl (C=O) groups is 1. The molecule has 68 valence electrons. The number of carbonyl (C=O) groups excluding carboxylic acids is 1. The van der Waals surface area contributed by atoms with Crippen LogP contribution in [0.5, 0.6) is 0 Å². The molecule has 0 bridgehead atoms. The molecule has 2 aliphatic heterocycles. The highest BCUT2D eigenvalue weighted by atomic mass is 16.2. The summed E-state index contributed by atoms with van der Waals surface area (Å²) in [5.41, 5.74) is 0. The van der Waals surface area contributed by atoms with Gasteiger partial charge in [0.15, 0.2) is 0 Å². The first-order valence-electron chi connectivity index (χ1n) is 4.73. The van der Waals surface area contributed by atoms with Crippen LogP contribution in [0, 0.1) is 11.8 Å². The van der Waals surface area contributed by atoms with E-state index in [0.29, 0.717) is 5.92 Å². The van der Waals surface area contributed by atoms with E-state index in [4.69, 9.17) is 0 Å². The van der Waals surface area contributed by atoms with Crippen LogP contribution in [0.4, 0.5) is 0 Å². The lowest BCUT2D eigenvalue weighted by Crippen LogP contribution is -2.50. The molecule has 3 nitrogen and oxygen atoms in total. The molecule has 0 unspecified atom stereocenters. The first-order valence-corrected chi connectivity index (χ1v) is 4.73. The fourth-order valence-electron chi connectivity index (χ4n) is 2.32. The lowest BCUT2D eigenvalue weighted by molar-refractivity contribution is -0.131. The number of nitrogens with one attached hydrogen (secondary N) is 1. The Balaban J connectivity index is 2.05. The molecule has 2 saturated heterocycles. The van der Waals surface area contributed by atoms with E-state index in [2.05, 4.69) is 17.3 Å². The molecule has 1 amide bonds. The molecule has 0 aromatic rings. The molecular formula is C9H16N2O. The third-order valence-electron chi connectivity index (χ3n) is 3.11. The van der Waals surface area contributed by atoms with Gasteiger partial charge in [-0.3, -0.25) is 4.79 Å². The Labute approximate surface area is 73.1 Å². The zero-order chi connectivity index (χ0) is 8.55. The summed E-state index contributed by atoms with van der Waals surface area (Å²) in [5, 5.41) is 2.94. The van der Waals surface area contributed by atoms with Gasteiger partial charge in [-0.2, -0.15) is 0 Å². The predicted octanol–water partition coefficient (Wildman–Crippen LogP) is 0.0742. The predicted molar refractivity (Wildman–Crippen MR) is 46.7 cm³/mol. The SMILES string of the molecule is CN1CC[C@H]2CCNC(=O)[C@@H]2C1. The van der Waals surface area contributed by atoms with Crippen molar-refractivity contribution in [3.63, 3.8) is 0 Å². The molecule has 12 heavy (non-hydrogen) atoms. The number of nitrogens with zero attached hydrogens (tertiary/aromatic N) is 1. The summed E-state index contributed by atoms with van der Waals surface area (Å²) in [7, 11) is 2.10. The average Bonchev–Trinajstić information content (AvgIpc) is 2.07. The summed E-state index contributed by atoms with van der Waals surface area (Å²) in [6.45, 7) is 3.01. The number of likely N-dealkylation sites (tertiary alicyclic amines) is 1. The normalized spacial score (nSPS) is 37.2. The maximum Gasteiger partial charge on any atom is 0.224 e. The third-order valence-corrected chi connectivity index (χ3v) is 3.11. The lowest BCUT2D eigenvalue weighted by atomic mass is 9.80. The highest BCUT2D eigenvalue weighted by molar-refractivity contribution is 5.80. The van der Waals surface area contributed by atoms with Crippen molar-refractivity contribution in [2.75, 3.05) is 26.7 Å². The highest BCUT2D eigenvalue weighted by Crippen LogP contribution is 2.27. The zero-order valence-electron chi connectivity index (χ0n) is 7.55. The van der Waals surface area contributed by atoms with Crippen LogP contribution in [-0.4, -0.2) is 37.5 Å². The summed E-state index contributed by atoms with van der Waals surface area (Å²) >= 11 is 0. The summed E-state index contributed by atoms with van der Waals surface area (Å²) in [6, 6.07) is 0. The molecule has 3 heteroatoms. The molecule has 0 aliphatic carbocycles. The van der Waals surface area contributed by atoms with Gasteiger partial charge in [-0.25, -0.2) is 0 Å². The minimum absolute atomic E-state index is 0.275. The van der Waals surface area contributed by atoms with Crippen molar-refractivity contribution in [2.24, 2.45) is 11.8 Å². The van der Waals surface area contributed by atoms with E-state index in [1.165, 1.54) is 12.8 Å². The second-order valence-electron chi connectivity index (χ2n) is 4.00.